The molecule has 0 aliphatic rings. The van der Waals surface area contributed by atoms with Gasteiger partial charge in [-0.25, -0.2) is 14.4 Å². The van der Waals surface area contributed by atoms with Crippen LogP contribution in [0.1, 0.15) is 0 Å². The van der Waals surface area contributed by atoms with Gasteiger partial charge in [0.15, 0.2) is 5.65 Å². The Morgan fingerprint density at radius 2 is 1.67 bits per heavy atom. The molecule has 2 heterocycles. The SMILES string of the molecule is Nc1ccc2ccc(-c3ccccc3F)nc2n1. The van der Waals surface area contributed by atoms with E-state index >= 15 is 0 Å². The predicted molar refractivity (Wildman–Crippen MR) is 69.3 cm³/mol. The molecule has 0 spiro atoms. The van der Waals surface area contributed by atoms with Gasteiger partial charge in [-0.05, 0) is 36.4 Å². The molecule has 0 radical (unpaired) electrons. The number of hydrogen-bond donors (Lipinski definition) is 1. The summed E-state index contributed by atoms with van der Waals surface area (Å²) in [6.45, 7) is 0. The van der Waals surface area contributed by atoms with Crippen LogP contribution >= 0.6 is 0 Å². The Morgan fingerprint density at radius 1 is 0.889 bits per heavy atom. The van der Waals surface area contributed by atoms with Gasteiger partial charge in [-0.15, -0.1) is 0 Å². The molecule has 0 aliphatic carbocycles. The van der Waals surface area contributed by atoms with E-state index in [0.717, 1.165) is 5.39 Å². The Morgan fingerprint density at radius 3 is 2.50 bits per heavy atom. The summed E-state index contributed by atoms with van der Waals surface area (Å²) in [6.07, 6.45) is 0. The van der Waals surface area contributed by atoms with Crippen molar-refractivity contribution in [2.75, 3.05) is 5.73 Å². The van der Waals surface area contributed by atoms with Crippen molar-refractivity contribution in [3.05, 3.63) is 54.3 Å². The minimum absolute atomic E-state index is 0.298. The molecule has 2 aromatic heterocycles. The van der Waals surface area contributed by atoms with E-state index in [2.05, 4.69) is 9.97 Å². The lowest BCUT2D eigenvalue weighted by Crippen LogP contribution is -1.94. The molecular weight excluding hydrogens is 229 g/mol. The monoisotopic (exact) mass is 239 g/mol. The first-order chi connectivity index (χ1) is 8.74. The summed E-state index contributed by atoms with van der Waals surface area (Å²) in [6, 6.07) is 13.7. The smallest absolute Gasteiger partial charge is 0.162 e. The minimum Gasteiger partial charge on any atom is -0.384 e. The number of fused-ring (bicyclic) bond motifs is 1. The fraction of sp³-hybridized carbons (Fsp3) is 0. The molecule has 3 nitrogen and oxygen atoms in total. The Kier molecular flexibility index (Phi) is 2.41. The van der Waals surface area contributed by atoms with Crippen molar-refractivity contribution in [1.29, 1.82) is 0 Å². The third-order valence-electron chi connectivity index (χ3n) is 2.72. The molecule has 0 fully saturated rings. The third kappa shape index (κ3) is 1.78. The fourth-order valence-corrected chi connectivity index (χ4v) is 1.83. The largest absolute Gasteiger partial charge is 0.384 e. The van der Waals surface area contributed by atoms with Crippen LogP contribution in [0.25, 0.3) is 22.3 Å². The molecule has 1 aromatic carbocycles. The number of pyridine rings is 2. The standard InChI is InChI=1S/C14H10FN3/c15-11-4-2-1-3-10(11)12-7-5-9-6-8-13(16)18-14(9)17-12/h1-8H,(H2,16,17,18). The molecule has 18 heavy (non-hydrogen) atoms. The number of nitrogens with two attached hydrogens (primary N) is 1. The van der Waals surface area contributed by atoms with Crippen LogP contribution in [0.2, 0.25) is 0 Å². The molecular formula is C14H10FN3. The average molecular weight is 239 g/mol. The van der Waals surface area contributed by atoms with Crippen LogP contribution in [0.5, 0.6) is 0 Å². The van der Waals surface area contributed by atoms with E-state index in [4.69, 9.17) is 5.73 Å². The van der Waals surface area contributed by atoms with E-state index in [-0.39, 0.29) is 5.82 Å². The van der Waals surface area contributed by atoms with E-state index in [1.54, 1.807) is 30.3 Å². The summed E-state index contributed by atoms with van der Waals surface area (Å²) >= 11 is 0. The Bertz CT molecular complexity index is 725. The van der Waals surface area contributed by atoms with Gasteiger partial charge in [-0.3, -0.25) is 0 Å². The van der Waals surface area contributed by atoms with Crippen molar-refractivity contribution in [1.82, 2.24) is 9.97 Å². The maximum absolute atomic E-state index is 13.7. The topological polar surface area (TPSA) is 51.8 Å². The van der Waals surface area contributed by atoms with Crippen LogP contribution < -0.4 is 5.73 Å². The third-order valence-corrected chi connectivity index (χ3v) is 2.72. The van der Waals surface area contributed by atoms with Crippen LogP contribution in [0.15, 0.2) is 48.5 Å². The maximum atomic E-state index is 13.7. The zero-order chi connectivity index (χ0) is 12.5. The number of nitrogen functional groups attached to an aromatic ring is 1. The number of hydrogen-bond acceptors (Lipinski definition) is 3. The first-order valence-corrected chi connectivity index (χ1v) is 5.52. The van der Waals surface area contributed by atoms with E-state index in [1.807, 2.05) is 12.1 Å². The zero-order valence-corrected chi connectivity index (χ0v) is 9.47. The van der Waals surface area contributed by atoms with Gasteiger partial charge in [0.2, 0.25) is 0 Å². The van der Waals surface area contributed by atoms with Gasteiger partial charge in [-0.2, -0.15) is 0 Å². The van der Waals surface area contributed by atoms with Crippen LogP contribution in [0.4, 0.5) is 10.2 Å². The second-order valence-electron chi connectivity index (χ2n) is 3.96. The van der Waals surface area contributed by atoms with E-state index in [0.29, 0.717) is 22.7 Å². The summed E-state index contributed by atoms with van der Waals surface area (Å²) in [7, 11) is 0. The second kappa shape index (κ2) is 4.07. The summed E-state index contributed by atoms with van der Waals surface area (Å²) in [4.78, 5) is 8.47. The van der Waals surface area contributed by atoms with E-state index < -0.39 is 0 Å². The van der Waals surface area contributed by atoms with Crippen LogP contribution in [-0.4, -0.2) is 9.97 Å². The molecule has 3 aromatic rings. The summed E-state index contributed by atoms with van der Waals surface area (Å²) in [5.41, 5.74) is 7.16. The lowest BCUT2D eigenvalue weighted by molar-refractivity contribution is 0.631. The summed E-state index contributed by atoms with van der Waals surface area (Å²) in [5.74, 6) is 0.105. The Balaban J connectivity index is 2.22. The van der Waals surface area contributed by atoms with Gasteiger partial charge in [-0.1, -0.05) is 12.1 Å². The van der Waals surface area contributed by atoms with Crippen molar-refractivity contribution < 1.29 is 4.39 Å². The summed E-state index contributed by atoms with van der Waals surface area (Å²) < 4.78 is 13.7. The highest BCUT2D eigenvalue weighted by molar-refractivity contribution is 5.79. The average Bonchev–Trinajstić information content (AvgIpc) is 2.38. The molecule has 0 aliphatic heterocycles. The fourth-order valence-electron chi connectivity index (χ4n) is 1.83. The van der Waals surface area contributed by atoms with Crippen molar-refractivity contribution in [3.63, 3.8) is 0 Å². The van der Waals surface area contributed by atoms with Gasteiger partial charge in [0.25, 0.3) is 0 Å². The molecule has 2 N–H and O–H groups in total. The van der Waals surface area contributed by atoms with Crippen LogP contribution in [-0.2, 0) is 0 Å². The maximum Gasteiger partial charge on any atom is 0.162 e. The van der Waals surface area contributed by atoms with Crippen molar-refractivity contribution in [2.24, 2.45) is 0 Å². The highest BCUT2D eigenvalue weighted by Crippen LogP contribution is 2.22. The normalized spacial score (nSPS) is 10.7. The van der Waals surface area contributed by atoms with Crippen molar-refractivity contribution >= 4 is 16.9 Å². The van der Waals surface area contributed by atoms with Crippen LogP contribution in [0.3, 0.4) is 0 Å². The molecule has 88 valence electrons. The second-order valence-corrected chi connectivity index (χ2v) is 3.96. The summed E-state index contributed by atoms with van der Waals surface area (Å²) in [5, 5.41) is 0.879. The van der Waals surface area contributed by atoms with E-state index in [1.165, 1.54) is 6.07 Å². The minimum atomic E-state index is -0.298. The lowest BCUT2D eigenvalue weighted by Gasteiger charge is -2.04. The van der Waals surface area contributed by atoms with Gasteiger partial charge < -0.3 is 5.73 Å². The number of aromatic nitrogens is 2. The van der Waals surface area contributed by atoms with Gasteiger partial charge in [0, 0.05) is 10.9 Å². The molecule has 3 rings (SSSR count). The van der Waals surface area contributed by atoms with Gasteiger partial charge in [0.1, 0.15) is 11.6 Å². The molecule has 0 amide bonds. The molecule has 0 atom stereocenters. The highest BCUT2D eigenvalue weighted by atomic mass is 19.1. The molecule has 0 saturated heterocycles. The number of anilines is 1. The van der Waals surface area contributed by atoms with Crippen LogP contribution in [0, 0.1) is 5.82 Å². The van der Waals surface area contributed by atoms with Crippen molar-refractivity contribution in [2.45, 2.75) is 0 Å². The molecule has 0 bridgehead atoms. The predicted octanol–water partition coefficient (Wildman–Crippen LogP) is 3.02. The number of benzene rings is 1. The highest BCUT2D eigenvalue weighted by Gasteiger charge is 2.06. The zero-order valence-electron chi connectivity index (χ0n) is 9.47. The van der Waals surface area contributed by atoms with Gasteiger partial charge in [0.05, 0.1) is 5.69 Å². The number of halogens is 1. The molecule has 0 saturated carbocycles. The Hall–Kier alpha value is -2.49. The number of rotatable bonds is 1. The number of nitrogens with zero attached hydrogens (tertiary/aromatic N) is 2. The van der Waals surface area contributed by atoms with E-state index in [9.17, 15) is 4.39 Å². The van der Waals surface area contributed by atoms with Gasteiger partial charge >= 0.3 is 0 Å². The lowest BCUT2D eigenvalue weighted by atomic mass is 10.1. The first-order valence-electron chi connectivity index (χ1n) is 5.52. The van der Waals surface area contributed by atoms with Crippen molar-refractivity contribution in [3.8, 4) is 11.3 Å². The first kappa shape index (κ1) is 10.7. The Labute approximate surface area is 103 Å². The quantitative estimate of drug-likeness (QED) is 0.710. The molecule has 0 unspecified atom stereocenters. The molecule has 4 heteroatoms.